The van der Waals surface area contributed by atoms with Crippen LogP contribution in [0.2, 0.25) is 0 Å². The summed E-state index contributed by atoms with van der Waals surface area (Å²) in [5.41, 5.74) is 0.634. The van der Waals surface area contributed by atoms with Gasteiger partial charge in [-0.05, 0) is 37.6 Å². The number of nitrogens with one attached hydrogen (secondary N) is 1. The fraction of sp³-hybridized carbons (Fsp3) is 0.571. The fourth-order valence-electron chi connectivity index (χ4n) is 1.82. The van der Waals surface area contributed by atoms with Gasteiger partial charge in [-0.25, -0.2) is 0 Å². The molecule has 0 aliphatic heterocycles. The minimum atomic E-state index is -4.18. The molecule has 1 unspecified atom stereocenters. The van der Waals surface area contributed by atoms with Gasteiger partial charge in [0.05, 0.1) is 13.0 Å². The third-order valence-corrected chi connectivity index (χ3v) is 2.67. The first-order valence-corrected chi connectivity index (χ1v) is 6.49. The zero-order valence-corrected chi connectivity index (χ0v) is 11.3. The molecular formula is C14H20F3NO. The Balaban J connectivity index is 2.77. The van der Waals surface area contributed by atoms with Gasteiger partial charge in [0.15, 0.2) is 0 Å². The van der Waals surface area contributed by atoms with E-state index in [1.165, 1.54) is 0 Å². The summed E-state index contributed by atoms with van der Waals surface area (Å²) in [6, 6.07) is 6.08. The molecule has 2 nitrogen and oxygen atoms in total. The van der Waals surface area contributed by atoms with Crippen molar-refractivity contribution < 1.29 is 17.9 Å². The molecule has 1 aromatic carbocycles. The Morgan fingerprint density at radius 3 is 2.26 bits per heavy atom. The molecule has 0 aromatic heterocycles. The Kier molecular flexibility index (Phi) is 6.15. The van der Waals surface area contributed by atoms with E-state index in [2.05, 4.69) is 5.32 Å². The van der Waals surface area contributed by atoms with Gasteiger partial charge in [-0.2, -0.15) is 13.2 Å². The zero-order chi connectivity index (χ0) is 14.3. The second-order valence-corrected chi connectivity index (χ2v) is 4.33. The molecule has 0 radical (unpaired) electrons. The van der Waals surface area contributed by atoms with Crippen LogP contribution in [0, 0.1) is 0 Å². The third kappa shape index (κ3) is 5.96. The largest absolute Gasteiger partial charge is 0.494 e. The number of alkyl halides is 3. The molecular weight excluding hydrogens is 255 g/mol. The molecule has 0 amide bonds. The average molecular weight is 275 g/mol. The van der Waals surface area contributed by atoms with Crippen LogP contribution in [-0.4, -0.2) is 19.3 Å². The first-order valence-electron chi connectivity index (χ1n) is 6.49. The molecule has 0 aliphatic carbocycles. The van der Waals surface area contributed by atoms with E-state index >= 15 is 0 Å². The number of hydrogen-bond donors (Lipinski definition) is 1. The molecule has 0 aliphatic rings. The summed E-state index contributed by atoms with van der Waals surface area (Å²) in [6.45, 7) is 4.90. The molecule has 0 bridgehead atoms. The van der Waals surface area contributed by atoms with Crippen LogP contribution >= 0.6 is 0 Å². The lowest BCUT2D eigenvalue weighted by molar-refractivity contribution is -0.140. The first-order chi connectivity index (χ1) is 8.96. The molecule has 1 atom stereocenters. The number of benzene rings is 1. The average Bonchev–Trinajstić information content (AvgIpc) is 2.34. The monoisotopic (exact) mass is 275 g/mol. The fourth-order valence-corrected chi connectivity index (χ4v) is 1.82. The van der Waals surface area contributed by atoms with Gasteiger partial charge in [0.2, 0.25) is 0 Å². The van der Waals surface area contributed by atoms with Crippen molar-refractivity contribution in [1.82, 2.24) is 5.32 Å². The van der Waals surface area contributed by atoms with Crippen molar-refractivity contribution in [1.29, 1.82) is 0 Å². The van der Waals surface area contributed by atoms with Crippen LogP contribution in [0.1, 0.15) is 38.3 Å². The minimum absolute atomic E-state index is 0.541. The van der Waals surface area contributed by atoms with Crippen LogP contribution in [0.15, 0.2) is 24.3 Å². The predicted octanol–water partition coefficient (Wildman–Crippen LogP) is 4.08. The molecule has 0 saturated heterocycles. The maximum absolute atomic E-state index is 12.6. The lowest BCUT2D eigenvalue weighted by Crippen LogP contribution is -2.27. The molecule has 19 heavy (non-hydrogen) atoms. The van der Waals surface area contributed by atoms with Crippen LogP contribution in [0.5, 0.6) is 5.75 Å². The molecule has 0 spiro atoms. The predicted molar refractivity (Wildman–Crippen MR) is 69.3 cm³/mol. The van der Waals surface area contributed by atoms with Crippen LogP contribution in [0.25, 0.3) is 0 Å². The van der Waals surface area contributed by atoms with E-state index in [-0.39, 0.29) is 0 Å². The topological polar surface area (TPSA) is 21.3 Å². The number of halogens is 3. The molecule has 0 heterocycles. The van der Waals surface area contributed by atoms with Gasteiger partial charge in [0.1, 0.15) is 5.75 Å². The van der Waals surface area contributed by atoms with Gasteiger partial charge in [-0.3, -0.25) is 0 Å². The van der Waals surface area contributed by atoms with Gasteiger partial charge < -0.3 is 10.1 Å². The highest BCUT2D eigenvalue weighted by Crippen LogP contribution is 2.30. The Bertz CT molecular complexity index is 362. The summed E-state index contributed by atoms with van der Waals surface area (Å²) < 4.78 is 42.9. The molecule has 0 fully saturated rings. The highest BCUT2D eigenvalue weighted by molar-refractivity contribution is 5.29. The molecule has 0 saturated carbocycles. The van der Waals surface area contributed by atoms with Crippen LogP contribution in [0.4, 0.5) is 13.2 Å². The second kappa shape index (κ2) is 7.38. The van der Waals surface area contributed by atoms with Crippen molar-refractivity contribution >= 4 is 0 Å². The SMILES string of the molecule is CCCNC(CC(F)(F)F)c1ccc(OCC)cc1. The molecule has 1 rings (SSSR count). The van der Waals surface area contributed by atoms with Gasteiger partial charge in [-0.1, -0.05) is 19.1 Å². The highest BCUT2D eigenvalue weighted by Gasteiger charge is 2.32. The zero-order valence-electron chi connectivity index (χ0n) is 11.3. The summed E-state index contributed by atoms with van der Waals surface area (Å²) >= 11 is 0. The molecule has 108 valence electrons. The van der Waals surface area contributed by atoms with Crippen molar-refractivity contribution in [2.75, 3.05) is 13.2 Å². The standard InChI is InChI=1S/C14H20F3NO/c1-3-9-18-13(10-14(15,16)17)11-5-7-12(8-6-11)19-4-2/h5-8,13,18H,3-4,9-10H2,1-2H3. The number of hydrogen-bond acceptors (Lipinski definition) is 2. The minimum Gasteiger partial charge on any atom is -0.494 e. The van der Waals surface area contributed by atoms with Crippen LogP contribution < -0.4 is 10.1 Å². The van der Waals surface area contributed by atoms with Crippen molar-refractivity contribution in [3.8, 4) is 5.75 Å². The Morgan fingerprint density at radius 1 is 1.16 bits per heavy atom. The van der Waals surface area contributed by atoms with Crippen molar-refractivity contribution in [3.63, 3.8) is 0 Å². The summed E-state index contributed by atoms with van der Waals surface area (Å²) in [5, 5.41) is 2.93. The van der Waals surface area contributed by atoms with Gasteiger partial charge in [0.25, 0.3) is 0 Å². The van der Waals surface area contributed by atoms with Gasteiger partial charge in [-0.15, -0.1) is 0 Å². The quantitative estimate of drug-likeness (QED) is 0.809. The molecule has 1 aromatic rings. The smallest absolute Gasteiger partial charge is 0.390 e. The van der Waals surface area contributed by atoms with E-state index in [9.17, 15) is 13.2 Å². The van der Waals surface area contributed by atoms with Crippen LogP contribution in [-0.2, 0) is 0 Å². The second-order valence-electron chi connectivity index (χ2n) is 4.33. The summed E-state index contributed by atoms with van der Waals surface area (Å²) in [4.78, 5) is 0. The highest BCUT2D eigenvalue weighted by atomic mass is 19.4. The number of ether oxygens (including phenoxy) is 1. The maximum atomic E-state index is 12.6. The summed E-state index contributed by atoms with van der Waals surface area (Å²) in [7, 11) is 0. The Hall–Kier alpha value is -1.23. The van der Waals surface area contributed by atoms with E-state index in [4.69, 9.17) is 4.74 Å². The summed E-state index contributed by atoms with van der Waals surface area (Å²) in [5.74, 6) is 0.674. The van der Waals surface area contributed by atoms with E-state index in [1.807, 2.05) is 13.8 Å². The van der Waals surface area contributed by atoms with Gasteiger partial charge >= 0.3 is 6.18 Å². The maximum Gasteiger partial charge on any atom is 0.390 e. The van der Waals surface area contributed by atoms with E-state index < -0.39 is 18.6 Å². The van der Waals surface area contributed by atoms with E-state index in [0.717, 1.165) is 6.42 Å². The molecule has 1 N–H and O–H groups in total. The lowest BCUT2D eigenvalue weighted by Gasteiger charge is -2.20. The van der Waals surface area contributed by atoms with Crippen molar-refractivity contribution in [3.05, 3.63) is 29.8 Å². The first kappa shape index (κ1) is 15.8. The Labute approximate surface area is 112 Å². The lowest BCUT2D eigenvalue weighted by atomic mass is 10.0. The normalized spacial score (nSPS) is 13.3. The molecule has 5 heteroatoms. The number of rotatable bonds is 7. The van der Waals surface area contributed by atoms with E-state index in [0.29, 0.717) is 24.5 Å². The summed E-state index contributed by atoms with van der Waals surface area (Å²) in [6.07, 6.45) is -4.24. The van der Waals surface area contributed by atoms with Crippen molar-refractivity contribution in [2.45, 2.75) is 38.9 Å². The van der Waals surface area contributed by atoms with Crippen LogP contribution in [0.3, 0.4) is 0 Å². The Morgan fingerprint density at radius 2 is 1.79 bits per heavy atom. The van der Waals surface area contributed by atoms with E-state index in [1.54, 1.807) is 24.3 Å². The van der Waals surface area contributed by atoms with Crippen molar-refractivity contribution in [2.24, 2.45) is 0 Å². The van der Waals surface area contributed by atoms with Gasteiger partial charge in [0, 0.05) is 6.04 Å². The third-order valence-electron chi connectivity index (χ3n) is 2.67.